The number of ether oxygens (including phenoxy) is 2. The van der Waals surface area contributed by atoms with Crippen LogP contribution in [0.3, 0.4) is 0 Å². The standard InChI is InChI=1S/C74H129N15O24/c1-15-37(6)31-38(7)59(97)42(11)64(101)80-46(20-18-27-75)65(102)79-45(24-26-54(93)94)60(98)61(99)71(108)86-56(40(9)41(10)63(78)100)68(105)87-58-62(39(8)36(4)5)113-74(111)51-22-16-17-29-89(51)73(110)49(33-55(95)96)83-69(106)57(43(12)112-14)85-53(92)32-44(23-25-52(77)91)88(13)72(109)48(30-35(2)3)82-66(103)47(21-19-28-76)81-67(104)50(34-90)84-70(58)107/h35-51,56-62,90,97-99H,15-34,75-76H2,1-14H3,(H2,77,91)(H2,78,100)(H,79,102)(H,80,101)(H,81,104)(H,82,103)(H,83,106)(H,84,107)(H,85,92)(H,86,108)(H,87,105)(H,93,94)(H,95,96). The number of piperidine rings is 1. The van der Waals surface area contributed by atoms with Crippen LogP contribution in [0, 0.1) is 47.3 Å². The predicted molar refractivity (Wildman–Crippen MR) is 407 cm³/mol. The van der Waals surface area contributed by atoms with Crippen molar-refractivity contribution < 1.29 is 117 Å². The number of nitrogens with one attached hydrogen (secondary N) is 9. The molecule has 22 atom stereocenters. The summed E-state index contributed by atoms with van der Waals surface area (Å²) in [6, 6.07) is -19.6. The highest BCUT2D eigenvalue weighted by molar-refractivity contribution is 5.99. The molecule has 0 spiro atoms. The summed E-state index contributed by atoms with van der Waals surface area (Å²) in [6.45, 7) is 17.4. The summed E-state index contributed by atoms with van der Waals surface area (Å²) in [4.78, 5) is 229. The second-order valence-electron chi connectivity index (χ2n) is 30.9. The number of fused-ring (bicyclic) bond motifs is 1. The normalized spacial score (nSPS) is 24.5. The number of amides is 13. The van der Waals surface area contributed by atoms with E-state index in [9.17, 15) is 88.2 Å². The van der Waals surface area contributed by atoms with Gasteiger partial charge in [-0.05, 0) is 126 Å². The molecule has 0 saturated carbocycles. The Labute approximate surface area is 660 Å². The van der Waals surface area contributed by atoms with Gasteiger partial charge < -0.3 is 121 Å². The minimum atomic E-state index is -2.73. The molecule has 0 bridgehead atoms. The zero-order valence-electron chi connectivity index (χ0n) is 67.7. The van der Waals surface area contributed by atoms with Gasteiger partial charge in [0.05, 0.1) is 37.2 Å². The highest BCUT2D eigenvalue weighted by Crippen LogP contribution is 2.29. The topological polar surface area (TPSA) is 632 Å². The zero-order valence-corrected chi connectivity index (χ0v) is 67.7. The van der Waals surface area contributed by atoms with E-state index in [-0.39, 0.29) is 102 Å². The third-order valence-electron chi connectivity index (χ3n) is 21.4. The van der Waals surface area contributed by atoms with E-state index < -0.39 is 254 Å². The number of aliphatic carboxylic acids is 2. The number of carbonyl (C=O) groups excluding carboxylic acids is 14. The Hall–Kier alpha value is -8.76. The summed E-state index contributed by atoms with van der Waals surface area (Å²) in [7, 11) is 2.45. The molecule has 23 N–H and O–H groups in total. The van der Waals surface area contributed by atoms with Gasteiger partial charge in [0.2, 0.25) is 70.9 Å². The highest BCUT2D eigenvalue weighted by atomic mass is 16.5. The van der Waals surface area contributed by atoms with Gasteiger partial charge in [-0.1, -0.05) is 82.6 Å². The van der Waals surface area contributed by atoms with E-state index in [1.54, 1.807) is 34.6 Å². The number of primary amides is 2. The molecule has 0 aromatic heterocycles. The van der Waals surface area contributed by atoms with Crippen molar-refractivity contribution in [3.63, 3.8) is 0 Å². The first-order valence-electron chi connectivity index (χ1n) is 38.9. The van der Waals surface area contributed by atoms with Crippen molar-refractivity contribution in [1.29, 1.82) is 0 Å². The number of hydrogen-bond donors (Lipinski definition) is 19. The van der Waals surface area contributed by atoms with Crippen molar-refractivity contribution in [2.75, 3.05) is 40.4 Å². The molecule has 0 aromatic rings. The molecule has 13 amide bonds. The summed E-state index contributed by atoms with van der Waals surface area (Å²) < 4.78 is 11.7. The van der Waals surface area contributed by atoms with E-state index in [1.165, 1.54) is 48.8 Å². The SMILES string of the molecule is CCC(C)CC(C)C(O)C(C)C(=O)NC(CCCN)C(=O)NC(CCC(=O)O)C(O)C(O)C(=O)NC(C(=O)NC1C(=O)NC(CO)C(=O)NC(CCCN)C(=O)NC(CC(C)C)C(=O)N(C)C(CCC(N)=O)CC(=O)NC(C(C)OC)C(=O)NC(CC(=O)O)C(=O)N2CCCCC2C(=O)OC1C(C)C(C)C)C(C)C(C)C(N)=O. The molecule has 0 aliphatic carbocycles. The van der Waals surface area contributed by atoms with Gasteiger partial charge in [0.25, 0.3) is 5.91 Å². The molecule has 22 unspecified atom stereocenters. The second kappa shape index (κ2) is 49.1. The average molecular weight is 1610 g/mol. The quantitative estimate of drug-likeness (QED) is 0.0260. The second-order valence-corrected chi connectivity index (χ2v) is 30.9. The molecule has 2 rings (SSSR count). The molecule has 39 nitrogen and oxygen atoms in total. The Balaban J connectivity index is 3.12. The monoisotopic (exact) mass is 1610 g/mol. The van der Waals surface area contributed by atoms with Gasteiger partial charge in [-0.3, -0.25) is 71.9 Å². The van der Waals surface area contributed by atoms with E-state index >= 15 is 19.2 Å². The number of aliphatic hydroxyl groups is 4. The van der Waals surface area contributed by atoms with Crippen LogP contribution in [0.2, 0.25) is 0 Å². The van der Waals surface area contributed by atoms with Gasteiger partial charge in [0.15, 0.2) is 6.10 Å². The minimum absolute atomic E-state index is 0.0138. The van der Waals surface area contributed by atoms with Gasteiger partial charge in [-0.2, -0.15) is 0 Å². The highest BCUT2D eigenvalue weighted by Gasteiger charge is 2.48. The van der Waals surface area contributed by atoms with Crippen LogP contribution < -0.4 is 70.8 Å². The summed E-state index contributed by atoms with van der Waals surface area (Å²) in [5.74, 6) is -25.3. The first kappa shape index (κ1) is 100. The molecule has 39 heteroatoms. The number of nitrogens with zero attached hydrogens (tertiary/aromatic N) is 2. The molecule has 644 valence electrons. The molecular formula is C74H129N15O24. The number of cyclic esters (lactones) is 1. The van der Waals surface area contributed by atoms with E-state index in [4.69, 9.17) is 32.4 Å². The Morgan fingerprint density at radius 2 is 1.26 bits per heavy atom. The first-order chi connectivity index (χ1) is 52.8. The van der Waals surface area contributed by atoms with E-state index in [1.807, 2.05) is 13.8 Å². The molecule has 2 aliphatic heterocycles. The lowest BCUT2D eigenvalue weighted by molar-refractivity contribution is -0.168. The summed E-state index contributed by atoms with van der Waals surface area (Å²) in [5, 5.41) is 88.0. The Morgan fingerprint density at radius 3 is 1.81 bits per heavy atom. The van der Waals surface area contributed by atoms with Crippen molar-refractivity contribution in [3.8, 4) is 0 Å². The fourth-order valence-corrected chi connectivity index (χ4v) is 13.3. The van der Waals surface area contributed by atoms with Crippen molar-refractivity contribution in [3.05, 3.63) is 0 Å². The number of carboxylic acids is 2. The lowest BCUT2D eigenvalue weighted by atomic mass is 9.85. The largest absolute Gasteiger partial charge is 0.481 e. The van der Waals surface area contributed by atoms with Crippen LogP contribution in [0.25, 0.3) is 0 Å². The molecule has 0 radical (unpaired) electrons. The Bertz CT molecular complexity index is 3220. The smallest absolute Gasteiger partial charge is 0.329 e. The minimum Gasteiger partial charge on any atom is -0.481 e. The van der Waals surface area contributed by atoms with Crippen LogP contribution >= 0.6 is 0 Å². The van der Waals surface area contributed by atoms with Crippen molar-refractivity contribution in [2.24, 2.45) is 70.3 Å². The number of aliphatic hydroxyl groups excluding tert-OH is 4. The molecule has 2 fully saturated rings. The fourth-order valence-electron chi connectivity index (χ4n) is 13.3. The molecule has 2 heterocycles. The van der Waals surface area contributed by atoms with E-state index in [2.05, 4.69) is 47.9 Å². The molecule has 2 saturated heterocycles. The zero-order chi connectivity index (χ0) is 86.2. The van der Waals surface area contributed by atoms with Crippen molar-refractivity contribution in [1.82, 2.24) is 57.7 Å². The maximum Gasteiger partial charge on any atom is 0.329 e. The first-order valence-corrected chi connectivity index (χ1v) is 38.9. The molecule has 113 heavy (non-hydrogen) atoms. The number of carbonyl (C=O) groups is 16. The number of esters is 1. The van der Waals surface area contributed by atoms with Crippen LogP contribution in [0.4, 0.5) is 0 Å². The van der Waals surface area contributed by atoms with Crippen LogP contribution in [0.15, 0.2) is 0 Å². The molecular weight excluding hydrogens is 1480 g/mol. The van der Waals surface area contributed by atoms with Gasteiger partial charge in [-0.15, -0.1) is 0 Å². The Morgan fingerprint density at radius 1 is 0.655 bits per heavy atom. The maximum absolute atomic E-state index is 15.5. The maximum atomic E-state index is 15.5. The van der Waals surface area contributed by atoms with Crippen LogP contribution in [-0.2, 0) is 86.2 Å². The number of carboxylic acid groups (broad SMARTS) is 2. The van der Waals surface area contributed by atoms with Gasteiger partial charge in [-0.25, -0.2) is 4.79 Å². The van der Waals surface area contributed by atoms with Crippen molar-refractivity contribution >= 4 is 94.7 Å². The predicted octanol–water partition coefficient (Wildman–Crippen LogP) is -4.13. The fraction of sp³-hybridized carbons (Fsp3) is 0.784. The third-order valence-corrected chi connectivity index (χ3v) is 21.4. The van der Waals surface area contributed by atoms with E-state index in [0.717, 1.165) is 16.2 Å². The van der Waals surface area contributed by atoms with Crippen LogP contribution in [0.5, 0.6) is 0 Å². The van der Waals surface area contributed by atoms with E-state index in [0.29, 0.717) is 6.42 Å². The van der Waals surface area contributed by atoms with Gasteiger partial charge in [0, 0.05) is 51.9 Å². The number of nitrogens with two attached hydrogens (primary N) is 4. The number of likely N-dealkylation sites (N-methyl/N-ethyl adjacent to an activating group) is 1. The summed E-state index contributed by atoms with van der Waals surface area (Å²) >= 11 is 0. The molecule has 2 aliphatic rings. The molecule has 0 aromatic carbocycles. The average Bonchev–Trinajstić information content (AvgIpc) is 0.809. The lowest BCUT2D eigenvalue weighted by Gasteiger charge is -2.39. The Kier molecular flexibility index (Phi) is 43.6. The van der Waals surface area contributed by atoms with Crippen LogP contribution in [-0.4, -0.2) is 273 Å². The number of rotatable bonds is 39. The summed E-state index contributed by atoms with van der Waals surface area (Å²) in [5.41, 5.74) is 23.0. The van der Waals surface area contributed by atoms with Crippen LogP contribution in [0.1, 0.15) is 186 Å². The summed E-state index contributed by atoms with van der Waals surface area (Å²) in [6.07, 6.45) is -12.2. The van der Waals surface area contributed by atoms with Crippen molar-refractivity contribution in [2.45, 2.75) is 283 Å². The van der Waals surface area contributed by atoms with Gasteiger partial charge in [0.1, 0.15) is 66.6 Å². The number of hydrogen-bond acceptors (Lipinski definition) is 24. The number of methoxy groups -OCH3 is 1. The lowest BCUT2D eigenvalue weighted by Crippen LogP contribution is -2.65. The van der Waals surface area contributed by atoms with Gasteiger partial charge >= 0.3 is 17.9 Å². The third kappa shape index (κ3) is 31.9.